The van der Waals surface area contributed by atoms with Crippen molar-refractivity contribution in [3.8, 4) is 23.0 Å². The van der Waals surface area contributed by atoms with Crippen LogP contribution in [0.4, 0.5) is 0 Å². The molecule has 3 rings (SSSR count). The highest BCUT2D eigenvalue weighted by atomic mass is 16.5. The summed E-state index contributed by atoms with van der Waals surface area (Å²) in [5.41, 5.74) is 4.17. The molecule has 1 heterocycles. The standard InChI is InChI=1S/C25H28O5/c1-15(2)5-4-6-16(3)7-8-17-11-18(9-10-20(17)27)23-14-22(29)25-21(28)12-19(26)13-24(25)30-23/h5,7,9-13,23,26-28H,4,6,8,14H2,1-3H3/b16-7+. The zero-order chi connectivity index (χ0) is 21.8. The number of ketones is 1. The Balaban J connectivity index is 1.78. The van der Waals surface area contributed by atoms with Crippen LogP contribution in [0.1, 0.15) is 67.6 Å². The van der Waals surface area contributed by atoms with Crippen molar-refractivity contribution in [2.75, 3.05) is 0 Å². The number of hydrogen-bond acceptors (Lipinski definition) is 5. The molecule has 1 unspecified atom stereocenters. The van der Waals surface area contributed by atoms with Crippen molar-refractivity contribution in [3.05, 3.63) is 70.3 Å². The van der Waals surface area contributed by atoms with Gasteiger partial charge < -0.3 is 20.1 Å². The van der Waals surface area contributed by atoms with Crippen molar-refractivity contribution < 1.29 is 24.9 Å². The number of fused-ring (bicyclic) bond motifs is 1. The van der Waals surface area contributed by atoms with E-state index in [1.807, 2.05) is 6.07 Å². The Morgan fingerprint density at radius 1 is 1.07 bits per heavy atom. The Labute approximate surface area is 177 Å². The van der Waals surface area contributed by atoms with Gasteiger partial charge in [-0.05, 0) is 63.3 Å². The van der Waals surface area contributed by atoms with E-state index < -0.39 is 6.10 Å². The highest BCUT2D eigenvalue weighted by Crippen LogP contribution is 2.42. The van der Waals surface area contributed by atoms with Crippen LogP contribution in [-0.4, -0.2) is 21.1 Å². The second-order valence-electron chi connectivity index (χ2n) is 8.03. The van der Waals surface area contributed by atoms with Gasteiger partial charge in [-0.25, -0.2) is 0 Å². The van der Waals surface area contributed by atoms with Crippen molar-refractivity contribution in [2.45, 2.75) is 52.6 Å². The predicted molar refractivity (Wildman–Crippen MR) is 116 cm³/mol. The minimum Gasteiger partial charge on any atom is -0.508 e. The molecule has 2 aromatic rings. The van der Waals surface area contributed by atoms with Crippen molar-refractivity contribution in [1.29, 1.82) is 0 Å². The minimum absolute atomic E-state index is 0.0765. The molecule has 5 nitrogen and oxygen atoms in total. The molecular weight excluding hydrogens is 380 g/mol. The fourth-order valence-corrected chi connectivity index (χ4v) is 3.56. The highest BCUT2D eigenvalue weighted by Gasteiger charge is 2.31. The molecule has 1 atom stereocenters. The van der Waals surface area contributed by atoms with E-state index in [4.69, 9.17) is 4.74 Å². The Bertz CT molecular complexity index is 1010. The fourth-order valence-electron chi connectivity index (χ4n) is 3.56. The number of rotatable bonds is 6. The Kier molecular flexibility index (Phi) is 6.50. The van der Waals surface area contributed by atoms with Crippen LogP contribution in [-0.2, 0) is 6.42 Å². The van der Waals surface area contributed by atoms with E-state index >= 15 is 0 Å². The number of carbonyl (C=O) groups is 1. The average molecular weight is 408 g/mol. The van der Waals surface area contributed by atoms with Gasteiger partial charge in [-0.3, -0.25) is 4.79 Å². The summed E-state index contributed by atoms with van der Waals surface area (Å²) in [6, 6.07) is 7.65. The van der Waals surface area contributed by atoms with Gasteiger partial charge >= 0.3 is 0 Å². The fraction of sp³-hybridized carbons (Fsp3) is 0.320. The van der Waals surface area contributed by atoms with Crippen molar-refractivity contribution >= 4 is 5.78 Å². The monoisotopic (exact) mass is 408 g/mol. The number of Topliss-reactive ketones (excluding diaryl/α,β-unsaturated/α-hetero) is 1. The molecule has 1 aliphatic heterocycles. The van der Waals surface area contributed by atoms with E-state index in [1.165, 1.54) is 17.2 Å². The molecule has 2 aromatic carbocycles. The van der Waals surface area contributed by atoms with Crippen LogP contribution < -0.4 is 4.74 Å². The zero-order valence-electron chi connectivity index (χ0n) is 17.6. The van der Waals surface area contributed by atoms with Crippen LogP contribution in [0.3, 0.4) is 0 Å². The van der Waals surface area contributed by atoms with Crippen molar-refractivity contribution in [3.63, 3.8) is 0 Å². The molecule has 0 saturated heterocycles. The summed E-state index contributed by atoms with van der Waals surface area (Å²) >= 11 is 0. The van der Waals surface area contributed by atoms with Gasteiger partial charge in [-0.1, -0.05) is 29.4 Å². The van der Waals surface area contributed by atoms with E-state index in [9.17, 15) is 20.1 Å². The quantitative estimate of drug-likeness (QED) is 0.530. The summed E-state index contributed by atoms with van der Waals surface area (Å²) in [4.78, 5) is 12.5. The van der Waals surface area contributed by atoms with Crippen molar-refractivity contribution in [1.82, 2.24) is 0 Å². The molecule has 30 heavy (non-hydrogen) atoms. The Morgan fingerprint density at radius 3 is 2.57 bits per heavy atom. The Hall–Kier alpha value is -3.21. The van der Waals surface area contributed by atoms with Crippen molar-refractivity contribution in [2.24, 2.45) is 0 Å². The lowest BCUT2D eigenvalue weighted by molar-refractivity contribution is 0.0845. The molecule has 0 spiro atoms. The summed E-state index contributed by atoms with van der Waals surface area (Å²) in [5, 5.41) is 29.9. The summed E-state index contributed by atoms with van der Waals surface area (Å²) in [6.45, 7) is 6.25. The number of phenols is 3. The van der Waals surface area contributed by atoms with Gasteiger partial charge in [0.25, 0.3) is 0 Å². The third-order valence-electron chi connectivity index (χ3n) is 5.22. The number of hydrogen-bond donors (Lipinski definition) is 3. The number of aromatic hydroxyl groups is 3. The Morgan fingerprint density at radius 2 is 1.83 bits per heavy atom. The van der Waals surface area contributed by atoms with Gasteiger partial charge in [0.15, 0.2) is 5.78 Å². The van der Waals surface area contributed by atoms with Gasteiger partial charge in [-0.2, -0.15) is 0 Å². The maximum Gasteiger partial charge on any atom is 0.174 e. The molecule has 5 heteroatoms. The average Bonchev–Trinajstić information content (AvgIpc) is 2.66. The smallest absolute Gasteiger partial charge is 0.174 e. The van der Waals surface area contributed by atoms with E-state index in [2.05, 4.69) is 32.9 Å². The molecule has 0 fully saturated rings. The first-order valence-corrected chi connectivity index (χ1v) is 10.1. The lowest BCUT2D eigenvalue weighted by Crippen LogP contribution is -2.20. The van der Waals surface area contributed by atoms with Crippen LogP contribution in [0.5, 0.6) is 23.0 Å². The van der Waals surface area contributed by atoms with E-state index in [1.54, 1.807) is 12.1 Å². The summed E-state index contributed by atoms with van der Waals surface area (Å²) < 4.78 is 5.90. The number of phenolic OH excluding ortho intramolecular Hbond substituents is 3. The molecular formula is C25H28O5. The maximum absolute atomic E-state index is 12.5. The minimum atomic E-state index is -0.548. The van der Waals surface area contributed by atoms with Crippen LogP contribution >= 0.6 is 0 Å². The molecule has 0 aromatic heterocycles. The van der Waals surface area contributed by atoms with Gasteiger partial charge in [0.05, 0.1) is 6.42 Å². The maximum atomic E-state index is 12.5. The first-order chi connectivity index (χ1) is 14.2. The van der Waals surface area contributed by atoms with Gasteiger partial charge in [0.2, 0.25) is 0 Å². The molecule has 1 aliphatic rings. The molecule has 0 radical (unpaired) electrons. The van der Waals surface area contributed by atoms with E-state index in [0.29, 0.717) is 6.42 Å². The van der Waals surface area contributed by atoms with Crippen LogP contribution in [0.25, 0.3) is 0 Å². The number of benzene rings is 2. The number of carbonyl (C=O) groups excluding carboxylic acids is 1. The molecule has 3 N–H and O–H groups in total. The SMILES string of the molecule is CC(C)=CCC/C(C)=C/Cc1cc(C2CC(=O)c3c(O)cc(O)cc3O2)ccc1O. The number of allylic oxidation sites excluding steroid dienone is 4. The largest absolute Gasteiger partial charge is 0.508 e. The van der Waals surface area contributed by atoms with Crippen LogP contribution in [0.15, 0.2) is 53.6 Å². The van der Waals surface area contributed by atoms with E-state index in [0.717, 1.165) is 30.0 Å². The van der Waals surface area contributed by atoms with Gasteiger partial charge in [0, 0.05) is 12.1 Å². The van der Waals surface area contributed by atoms with Gasteiger partial charge in [-0.15, -0.1) is 0 Å². The zero-order valence-corrected chi connectivity index (χ0v) is 17.6. The second kappa shape index (κ2) is 9.08. The first-order valence-electron chi connectivity index (χ1n) is 10.1. The molecule has 0 amide bonds. The molecule has 0 saturated carbocycles. The summed E-state index contributed by atoms with van der Waals surface area (Å²) in [7, 11) is 0. The van der Waals surface area contributed by atoms with Gasteiger partial charge in [0.1, 0.15) is 34.7 Å². The summed E-state index contributed by atoms with van der Waals surface area (Å²) in [5.74, 6) is -0.333. The van der Waals surface area contributed by atoms with Crippen LogP contribution in [0, 0.1) is 0 Å². The highest BCUT2D eigenvalue weighted by molar-refractivity contribution is 6.02. The third-order valence-corrected chi connectivity index (χ3v) is 5.22. The molecule has 158 valence electrons. The second-order valence-corrected chi connectivity index (χ2v) is 8.03. The summed E-state index contributed by atoms with van der Waals surface area (Å²) in [6.07, 6.45) is 6.39. The topological polar surface area (TPSA) is 87.0 Å². The lowest BCUT2D eigenvalue weighted by atomic mass is 9.94. The third kappa shape index (κ3) is 5.03. The number of ether oxygens (including phenoxy) is 1. The van der Waals surface area contributed by atoms with Crippen LogP contribution in [0.2, 0.25) is 0 Å². The normalized spacial score (nSPS) is 16.0. The predicted octanol–water partition coefficient (Wildman–Crippen LogP) is 5.75. The molecule has 0 bridgehead atoms. The lowest BCUT2D eigenvalue weighted by Gasteiger charge is -2.26. The first kappa shape index (κ1) is 21.5. The van der Waals surface area contributed by atoms with E-state index in [-0.39, 0.29) is 40.8 Å². The molecule has 0 aliphatic carbocycles.